The molecule has 0 saturated heterocycles. The van der Waals surface area contributed by atoms with Crippen molar-refractivity contribution in [1.29, 1.82) is 0 Å². The minimum atomic E-state index is -0.508. The molecule has 2 atom stereocenters. The third kappa shape index (κ3) is 3.49. The Labute approximate surface area is 137 Å². The van der Waals surface area contributed by atoms with Crippen molar-refractivity contribution >= 4 is 17.6 Å². The van der Waals surface area contributed by atoms with Crippen LogP contribution in [0.25, 0.3) is 0 Å². The molecule has 0 aliphatic carbocycles. The largest absolute Gasteiger partial charge is 0.478 e. The molecule has 2 rings (SSSR count). The van der Waals surface area contributed by atoms with Crippen LogP contribution in [0, 0.1) is 19.8 Å². The van der Waals surface area contributed by atoms with Crippen LogP contribution in [-0.4, -0.2) is 31.6 Å². The topological polar surface area (TPSA) is 55.8 Å². The molecular formula is C18H25NO4. The molecule has 1 unspecified atom stereocenters. The van der Waals surface area contributed by atoms with E-state index in [9.17, 15) is 9.59 Å². The van der Waals surface area contributed by atoms with Crippen molar-refractivity contribution in [2.75, 3.05) is 18.6 Å². The summed E-state index contributed by atoms with van der Waals surface area (Å²) in [5.41, 5.74) is 2.81. The fraction of sp³-hybridized carbons (Fsp3) is 0.556. The highest BCUT2D eigenvalue weighted by atomic mass is 16.5. The SMILES string of the molecule is CC[C@H](C)C1Oc2c(C)cc(C)cc2N(CCC(=O)OC)C1=O. The number of amides is 1. The Balaban J connectivity index is 2.41. The number of methoxy groups -OCH3 is 1. The van der Waals surface area contributed by atoms with Gasteiger partial charge in [0, 0.05) is 12.5 Å². The van der Waals surface area contributed by atoms with Gasteiger partial charge >= 0.3 is 5.97 Å². The van der Waals surface area contributed by atoms with E-state index in [1.54, 1.807) is 4.90 Å². The van der Waals surface area contributed by atoms with Crippen LogP contribution in [-0.2, 0) is 14.3 Å². The number of hydrogen-bond acceptors (Lipinski definition) is 4. The van der Waals surface area contributed by atoms with Crippen molar-refractivity contribution < 1.29 is 19.1 Å². The molecule has 0 saturated carbocycles. The van der Waals surface area contributed by atoms with Gasteiger partial charge in [-0.15, -0.1) is 0 Å². The maximum atomic E-state index is 12.9. The number of benzene rings is 1. The average Bonchev–Trinajstić information content (AvgIpc) is 2.52. The summed E-state index contributed by atoms with van der Waals surface area (Å²) in [6, 6.07) is 3.98. The van der Waals surface area contributed by atoms with Crippen LogP contribution in [0.1, 0.15) is 37.8 Å². The number of esters is 1. The van der Waals surface area contributed by atoms with Gasteiger partial charge in [0.2, 0.25) is 0 Å². The molecule has 0 aromatic heterocycles. The molecule has 0 spiro atoms. The zero-order chi connectivity index (χ0) is 17.1. The second-order valence-corrected chi connectivity index (χ2v) is 6.17. The van der Waals surface area contributed by atoms with E-state index in [0.717, 1.165) is 29.0 Å². The molecular weight excluding hydrogens is 294 g/mol. The lowest BCUT2D eigenvalue weighted by atomic mass is 9.97. The van der Waals surface area contributed by atoms with Gasteiger partial charge in [0.25, 0.3) is 5.91 Å². The maximum absolute atomic E-state index is 12.9. The van der Waals surface area contributed by atoms with Crippen LogP contribution >= 0.6 is 0 Å². The van der Waals surface area contributed by atoms with Crippen molar-refractivity contribution in [2.45, 2.75) is 46.6 Å². The number of hydrogen-bond donors (Lipinski definition) is 0. The number of rotatable bonds is 5. The van der Waals surface area contributed by atoms with Gasteiger partial charge in [-0.05, 0) is 37.5 Å². The van der Waals surface area contributed by atoms with E-state index in [1.165, 1.54) is 7.11 Å². The normalized spacial score (nSPS) is 18.2. The first-order chi connectivity index (χ1) is 10.9. The van der Waals surface area contributed by atoms with Crippen LogP contribution in [0.15, 0.2) is 12.1 Å². The highest BCUT2D eigenvalue weighted by Crippen LogP contribution is 2.39. The van der Waals surface area contributed by atoms with Crippen LogP contribution in [0.4, 0.5) is 5.69 Å². The molecule has 0 fully saturated rings. The Morgan fingerprint density at radius 2 is 2.09 bits per heavy atom. The molecule has 0 radical (unpaired) electrons. The number of fused-ring (bicyclic) bond motifs is 1. The summed E-state index contributed by atoms with van der Waals surface area (Å²) in [5.74, 6) is 0.443. The fourth-order valence-corrected chi connectivity index (χ4v) is 2.84. The van der Waals surface area contributed by atoms with Gasteiger partial charge in [0.1, 0.15) is 5.75 Å². The Bertz CT molecular complexity index is 611. The Morgan fingerprint density at radius 3 is 2.70 bits per heavy atom. The van der Waals surface area contributed by atoms with E-state index in [-0.39, 0.29) is 24.2 Å². The number of ether oxygens (including phenoxy) is 2. The van der Waals surface area contributed by atoms with Crippen molar-refractivity contribution in [3.8, 4) is 5.75 Å². The molecule has 23 heavy (non-hydrogen) atoms. The standard InChI is InChI=1S/C18H25NO4/c1-6-12(3)17-18(21)19(8-7-15(20)22-5)14-10-11(2)9-13(4)16(14)23-17/h9-10,12,17H,6-8H2,1-5H3/t12-,17?/m0/s1. The Morgan fingerprint density at radius 1 is 1.39 bits per heavy atom. The summed E-state index contributed by atoms with van der Waals surface area (Å²) in [6.45, 7) is 8.32. The summed E-state index contributed by atoms with van der Waals surface area (Å²) in [5, 5.41) is 0. The zero-order valence-electron chi connectivity index (χ0n) is 14.5. The molecule has 1 amide bonds. The minimum absolute atomic E-state index is 0.0826. The molecule has 5 nitrogen and oxygen atoms in total. The summed E-state index contributed by atoms with van der Waals surface area (Å²) in [6.07, 6.45) is 0.509. The number of carbonyl (C=O) groups excluding carboxylic acids is 2. The molecule has 5 heteroatoms. The van der Waals surface area contributed by atoms with E-state index in [0.29, 0.717) is 6.54 Å². The number of aryl methyl sites for hydroxylation is 2. The molecule has 1 heterocycles. The van der Waals surface area contributed by atoms with E-state index in [4.69, 9.17) is 9.47 Å². The number of nitrogens with zero attached hydrogens (tertiary/aromatic N) is 1. The van der Waals surface area contributed by atoms with Crippen LogP contribution in [0.3, 0.4) is 0 Å². The predicted octanol–water partition coefficient (Wildman–Crippen LogP) is 3.01. The van der Waals surface area contributed by atoms with Gasteiger partial charge in [0.15, 0.2) is 6.10 Å². The Hall–Kier alpha value is -2.04. The van der Waals surface area contributed by atoms with Crippen molar-refractivity contribution in [2.24, 2.45) is 5.92 Å². The summed E-state index contributed by atoms with van der Waals surface area (Å²) in [7, 11) is 1.35. The molecule has 0 N–H and O–H groups in total. The van der Waals surface area contributed by atoms with Gasteiger partial charge in [0.05, 0.1) is 19.2 Å². The first-order valence-corrected chi connectivity index (χ1v) is 8.05. The summed E-state index contributed by atoms with van der Waals surface area (Å²) < 4.78 is 10.7. The van der Waals surface area contributed by atoms with E-state index < -0.39 is 6.10 Å². The van der Waals surface area contributed by atoms with Gasteiger partial charge in [-0.3, -0.25) is 9.59 Å². The number of anilines is 1. The smallest absolute Gasteiger partial charge is 0.307 e. The second-order valence-electron chi connectivity index (χ2n) is 6.17. The van der Waals surface area contributed by atoms with Crippen LogP contribution in [0.5, 0.6) is 5.75 Å². The van der Waals surface area contributed by atoms with Crippen LogP contribution < -0.4 is 9.64 Å². The predicted molar refractivity (Wildman–Crippen MR) is 88.8 cm³/mol. The lowest BCUT2D eigenvalue weighted by molar-refractivity contribution is -0.140. The highest BCUT2D eigenvalue weighted by Gasteiger charge is 2.38. The third-order valence-electron chi connectivity index (χ3n) is 4.37. The first-order valence-electron chi connectivity index (χ1n) is 8.05. The highest BCUT2D eigenvalue weighted by molar-refractivity contribution is 6.01. The lowest BCUT2D eigenvalue weighted by Gasteiger charge is -2.37. The average molecular weight is 319 g/mol. The van der Waals surface area contributed by atoms with Crippen LogP contribution in [0.2, 0.25) is 0 Å². The monoisotopic (exact) mass is 319 g/mol. The number of carbonyl (C=O) groups is 2. The van der Waals surface area contributed by atoms with Gasteiger partial charge < -0.3 is 14.4 Å². The van der Waals surface area contributed by atoms with Crippen molar-refractivity contribution in [3.63, 3.8) is 0 Å². The molecule has 126 valence electrons. The molecule has 1 aromatic rings. The molecule has 1 aliphatic rings. The van der Waals surface area contributed by atoms with E-state index >= 15 is 0 Å². The van der Waals surface area contributed by atoms with Crippen molar-refractivity contribution in [1.82, 2.24) is 0 Å². The van der Waals surface area contributed by atoms with Crippen molar-refractivity contribution in [3.05, 3.63) is 23.3 Å². The van der Waals surface area contributed by atoms with E-state index in [2.05, 4.69) is 0 Å². The first kappa shape index (κ1) is 17.3. The lowest BCUT2D eigenvalue weighted by Crippen LogP contribution is -2.49. The van der Waals surface area contributed by atoms with Gasteiger partial charge in [-0.2, -0.15) is 0 Å². The summed E-state index contributed by atoms with van der Waals surface area (Å²) in [4.78, 5) is 26.0. The molecule has 1 aromatic carbocycles. The third-order valence-corrected chi connectivity index (χ3v) is 4.37. The Kier molecular flexibility index (Phi) is 5.29. The molecule has 1 aliphatic heterocycles. The minimum Gasteiger partial charge on any atom is -0.478 e. The fourth-order valence-electron chi connectivity index (χ4n) is 2.84. The quantitative estimate of drug-likeness (QED) is 0.783. The summed E-state index contributed by atoms with van der Waals surface area (Å²) >= 11 is 0. The van der Waals surface area contributed by atoms with Gasteiger partial charge in [-0.1, -0.05) is 19.9 Å². The molecule has 0 bridgehead atoms. The van der Waals surface area contributed by atoms with E-state index in [1.807, 2.05) is 39.8 Å². The van der Waals surface area contributed by atoms with Gasteiger partial charge in [-0.25, -0.2) is 0 Å². The maximum Gasteiger partial charge on any atom is 0.307 e. The second kappa shape index (κ2) is 7.02. The zero-order valence-corrected chi connectivity index (χ0v) is 14.5.